The first-order valence-electron chi connectivity index (χ1n) is 9.97. The third kappa shape index (κ3) is 5.38. The molecule has 9 heteroatoms. The number of aliphatic carboxylic acids is 2. The van der Waals surface area contributed by atoms with Crippen LogP contribution in [0.4, 0.5) is 0 Å². The Morgan fingerprint density at radius 2 is 1.58 bits per heavy atom. The summed E-state index contributed by atoms with van der Waals surface area (Å²) in [5.74, 6) is -3.27. The van der Waals surface area contributed by atoms with Crippen molar-refractivity contribution in [1.29, 1.82) is 0 Å². The predicted molar refractivity (Wildman–Crippen MR) is 119 cm³/mol. The summed E-state index contributed by atoms with van der Waals surface area (Å²) in [5, 5.41) is 24.3. The second-order valence-corrected chi connectivity index (χ2v) is 7.75. The molecular formula is C22H25N3O5S. The summed E-state index contributed by atoms with van der Waals surface area (Å²) >= 11 is 5.85. The number of para-hydroxylation sites is 3. The Labute approximate surface area is 184 Å². The normalized spacial score (nSPS) is 16.5. The predicted octanol–water partition coefficient (Wildman–Crippen LogP) is 2.98. The Kier molecular flexibility index (Phi) is 7.56. The van der Waals surface area contributed by atoms with Gasteiger partial charge in [-0.2, -0.15) is 0 Å². The van der Waals surface area contributed by atoms with Crippen LogP contribution in [-0.4, -0.2) is 61.0 Å². The third-order valence-electron chi connectivity index (χ3n) is 5.24. The van der Waals surface area contributed by atoms with Crippen LogP contribution < -0.4 is 0 Å². The zero-order valence-corrected chi connectivity index (χ0v) is 17.7. The van der Waals surface area contributed by atoms with Crippen LogP contribution in [0.3, 0.4) is 0 Å². The first-order valence-corrected chi connectivity index (χ1v) is 10.4. The quantitative estimate of drug-likeness (QED) is 0.420. The molecular weight excluding hydrogens is 418 g/mol. The van der Waals surface area contributed by atoms with Crippen LogP contribution in [0.25, 0.3) is 16.7 Å². The molecule has 1 unspecified atom stereocenters. The van der Waals surface area contributed by atoms with E-state index in [1.165, 1.54) is 0 Å². The average Bonchev–Trinajstić information content (AvgIpc) is 3.06. The second kappa shape index (κ2) is 10.3. The topological polar surface area (TPSA) is 108 Å². The Bertz CT molecular complexity index is 1100. The number of likely N-dealkylation sites (tertiary alicyclic amines) is 1. The minimum absolute atomic E-state index is 0.272. The molecule has 2 aromatic carbocycles. The summed E-state index contributed by atoms with van der Waals surface area (Å²) in [4.78, 5) is 20.6. The average molecular weight is 444 g/mol. The second-order valence-electron chi connectivity index (χ2n) is 7.39. The molecule has 4 rings (SSSR count). The van der Waals surface area contributed by atoms with Gasteiger partial charge in [-0.3, -0.25) is 9.47 Å². The lowest BCUT2D eigenvalue weighted by molar-refractivity contribution is -0.159. The molecule has 8 nitrogen and oxygen atoms in total. The summed E-state index contributed by atoms with van der Waals surface area (Å²) in [6.07, 6.45) is 2.25. The summed E-state index contributed by atoms with van der Waals surface area (Å²) in [7, 11) is 0. The van der Waals surface area contributed by atoms with Crippen LogP contribution >= 0.6 is 12.2 Å². The molecule has 31 heavy (non-hydrogen) atoms. The molecule has 1 saturated heterocycles. The lowest BCUT2D eigenvalue weighted by Gasteiger charge is -2.32. The van der Waals surface area contributed by atoms with E-state index in [2.05, 4.69) is 50.4 Å². The molecule has 1 aromatic heterocycles. The molecule has 0 radical (unpaired) electrons. The van der Waals surface area contributed by atoms with Crippen molar-refractivity contribution in [1.82, 2.24) is 14.0 Å². The van der Waals surface area contributed by atoms with Gasteiger partial charge in [0, 0.05) is 18.8 Å². The zero-order valence-electron chi connectivity index (χ0n) is 16.9. The zero-order chi connectivity index (χ0) is 22.4. The minimum atomic E-state index is -1.82. The number of aliphatic hydroxyl groups excluding tert-OH is 1. The van der Waals surface area contributed by atoms with Gasteiger partial charge >= 0.3 is 11.9 Å². The first kappa shape index (κ1) is 22.7. The van der Waals surface area contributed by atoms with Crippen molar-refractivity contribution in [2.24, 2.45) is 5.92 Å². The highest BCUT2D eigenvalue weighted by molar-refractivity contribution is 7.71. The van der Waals surface area contributed by atoms with Crippen molar-refractivity contribution in [3.63, 3.8) is 0 Å². The number of rotatable bonds is 4. The number of aromatic nitrogens is 2. The maximum atomic E-state index is 9.50. The molecule has 2 heterocycles. The van der Waals surface area contributed by atoms with Crippen LogP contribution in [0, 0.1) is 10.7 Å². The number of carbonyl (C=O) groups is 2. The summed E-state index contributed by atoms with van der Waals surface area (Å²) in [6, 6.07) is 18.7. The van der Waals surface area contributed by atoms with Crippen LogP contribution in [0.5, 0.6) is 0 Å². The van der Waals surface area contributed by atoms with Crippen molar-refractivity contribution in [3.8, 4) is 5.69 Å². The largest absolute Gasteiger partial charge is 0.473 e. The summed E-state index contributed by atoms with van der Waals surface area (Å²) in [5.41, 5.74) is 3.38. The number of carboxylic acid groups (broad SMARTS) is 2. The van der Waals surface area contributed by atoms with E-state index >= 15 is 0 Å². The Morgan fingerprint density at radius 1 is 0.968 bits per heavy atom. The van der Waals surface area contributed by atoms with Gasteiger partial charge in [0.1, 0.15) is 0 Å². The van der Waals surface area contributed by atoms with Gasteiger partial charge < -0.3 is 19.9 Å². The van der Waals surface area contributed by atoms with Gasteiger partial charge in [-0.05, 0) is 61.8 Å². The number of fused-ring (bicyclic) bond motifs is 1. The van der Waals surface area contributed by atoms with E-state index in [9.17, 15) is 5.11 Å². The molecule has 0 amide bonds. The highest BCUT2D eigenvalue weighted by atomic mass is 32.1. The minimum Gasteiger partial charge on any atom is -0.473 e. The SMILES string of the molecule is O=C(O)C(=O)O.OCC1CCCN(Cn2c(=S)n(-c3ccccc3)c3ccccc32)C1. The van der Waals surface area contributed by atoms with Crippen molar-refractivity contribution in [2.75, 3.05) is 19.7 Å². The number of aliphatic hydroxyl groups is 1. The van der Waals surface area contributed by atoms with Crippen molar-refractivity contribution in [2.45, 2.75) is 19.5 Å². The standard InChI is InChI=1S/C20H23N3OS.C2H2O4/c24-14-16-7-6-12-21(13-16)15-22-18-10-4-5-11-19(18)23(20(22)25)17-8-2-1-3-9-17;3-1(4)2(5)6/h1-5,8-11,16,24H,6-7,12-15H2;(H,3,4)(H,5,6). The number of imidazole rings is 1. The number of piperidine rings is 1. The third-order valence-corrected chi connectivity index (χ3v) is 5.64. The first-order chi connectivity index (χ1) is 14.9. The number of benzene rings is 2. The lowest BCUT2D eigenvalue weighted by atomic mass is 9.99. The molecule has 3 aromatic rings. The van der Waals surface area contributed by atoms with E-state index < -0.39 is 11.9 Å². The summed E-state index contributed by atoms with van der Waals surface area (Å²) < 4.78 is 5.19. The monoisotopic (exact) mass is 443 g/mol. The van der Waals surface area contributed by atoms with Crippen LogP contribution in [0.2, 0.25) is 0 Å². The van der Waals surface area contributed by atoms with E-state index in [0.717, 1.165) is 54.1 Å². The highest BCUT2D eigenvalue weighted by Crippen LogP contribution is 2.24. The van der Waals surface area contributed by atoms with Crippen molar-refractivity contribution in [3.05, 3.63) is 59.4 Å². The van der Waals surface area contributed by atoms with Gasteiger partial charge in [-0.25, -0.2) is 9.59 Å². The maximum absolute atomic E-state index is 9.50. The van der Waals surface area contributed by atoms with Crippen LogP contribution in [0.15, 0.2) is 54.6 Å². The molecule has 164 valence electrons. The van der Waals surface area contributed by atoms with Crippen molar-refractivity contribution < 1.29 is 24.9 Å². The molecule has 0 aliphatic carbocycles. The fourth-order valence-corrected chi connectivity index (χ4v) is 4.16. The number of nitrogens with zero attached hydrogens (tertiary/aromatic N) is 3. The summed E-state index contributed by atoms with van der Waals surface area (Å²) in [6.45, 7) is 3.04. The Hall–Kier alpha value is -3.01. The van der Waals surface area contributed by atoms with E-state index in [1.807, 2.05) is 18.2 Å². The van der Waals surface area contributed by atoms with E-state index in [0.29, 0.717) is 5.92 Å². The van der Waals surface area contributed by atoms with Gasteiger partial charge in [-0.1, -0.05) is 30.3 Å². The number of hydrogen-bond donors (Lipinski definition) is 3. The van der Waals surface area contributed by atoms with Crippen molar-refractivity contribution >= 4 is 35.2 Å². The molecule has 1 atom stereocenters. The van der Waals surface area contributed by atoms with Gasteiger partial charge in [-0.15, -0.1) is 0 Å². The van der Waals surface area contributed by atoms with Gasteiger partial charge in [0.25, 0.3) is 0 Å². The van der Waals surface area contributed by atoms with E-state index in [1.54, 1.807) is 0 Å². The molecule has 1 aliphatic rings. The fourth-order valence-electron chi connectivity index (χ4n) is 3.80. The Balaban J connectivity index is 0.000000401. The van der Waals surface area contributed by atoms with Gasteiger partial charge in [0.2, 0.25) is 0 Å². The fraction of sp³-hybridized carbons (Fsp3) is 0.318. The maximum Gasteiger partial charge on any atom is 0.414 e. The lowest BCUT2D eigenvalue weighted by Crippen LogP contribution is -2.37. The molecule has 0 spiro atoms. The molecule has 3 N–H and O–H groups in total. The van der Waals surface area contributed by atoms with Gasteiger partial charge in [0.05, 0.1) is 17.7 Å². The Morgan fingerprint density at radius 3 is 2.19 bits per heavy atom. The van der Waals surface area contributed by atoms with E-state index in [4.69, 9.17) is 32.0 Å². The van der Waals surface area contributed by atoms with E-state index in [-0.39, 0.29) is 6.61 Å². The number of carboxylic acids is 2. The molecule has 0 bridgehead atoms. The highest BCUT2D eigenvalue weighted by Gasteiger charge is 2.21. The van der Waals surface area contributed by atoms with Crippen LogP contribution in [0.1, 0.15) is 12.8 Å². The van der Waals surface area contributed by atoms with Crippen LogP contribution in [-0.2, 0) is 16.3 Å². The number of hydrogen-bond acceptors (Lipinski definition) is 5. The van der Waals surface area contributed by atoms with Gasteiger partial charge in [0.15, 0.2) is 4.77 Å². The molecule has 0 saturated carbocycles. The molecule has 1 aliphatic heterocycles. The smallest absolute Gasteiger partial charge is 0.414 e. The molecule has 1 fully saturated rings.